The van der Waals surface area contributed by atoms with E-state index in [9.17, 15) is 13.2 Å². The molecule has 6 nitrogen and oxygen atoms in total. The fraction of sp³-hybridized carbons (Fsp3) is 0.480. The van der Waals surface area contributed by atoms with Crippen LogP contribution >= 0.6 is 0 Å². The zero-order chi connectivity index (χ0) is 23.7. The summed E-state index contributed by atoms with van der Waals surface area (Å²) in [7, 11) is -3.58. The third-order valence-corrected chi connectivity index (χ3v) is 7.10. The van der Waals surface area contributed by atoms with Gasteiger partial charge in [-0.3, -0.25) is 4.72 Å². The highest BCUT2D eigenvalue weighted by Gasteiger charge is 2.27. The molecule has 0 aromatic heterocycles. The Bertz CT molecular complexity index is 984. The quantitative estimate of drug-likeness (QED) is 0.356. The van der Waals surface area contributed by atoms with Gasteiger partial charge in [-0.15, -0.1) is 0 Å². The molecule has 0 radical (unpaired) electrons. The van der Waals surface area contributed by atoms with Gasteiger partial charge in [-0.05, 0) is 61.1 Å². The molecule has 2 rings (SSSR count). The van der Waals surface area contributed by atoms with Gasteiger partial charge in [0, 0.05) is 0 Å². The number of anilines is 1. The van der Waals surface area contributed by atoms with Crippen molar-refractivity contribution in [3.05, 3.63) is 59.2 Å². The van der Waals surface area contributed by atoms with Crippen molar-refractivity contribution in [2.45, 2.75) is 71.7 Å². The molecule has 1 atom stereocenters. The van der Waals surface area contributed by atoms with Gasteiger partial charge in [0.1, 0.15) is 12.4 Å². The Balaban J connectivity index is 2.19. The van der Waals surface area contributed by atoms with Crippen molar-refractivity contribution >= 4 is 21.7 Å². The lowest BCUT2D eigenvalue weighted by Crippen LogP contribution is -2.29. The average Bonchev–Trinajstić information content (AvgIpc) is 2.72. The van der Waals surface area contributed by atoms with Crippen LogP contribution < -0.4 is 9.46 Å². The van der Waals surface area contributed by atoms with Crippen LogP contribution in [0.15, 0.2) is 42.5 Å². The SMILES string of the molecule is CCCCCC(CC(C)C)S(=O)(=O)Nc1cc(C)ccc1OCc1ccc(C(=O)O)cc1. The lowest BCUT2D eigenvalue weighted by atomic mass is 10.0. The average molecular weight is 462 g/mol. The standard InChI is InChI=1S/C25H35NO5S/c1-5-6-7-8-22(15-18(2)3)32(29,30)26-23-16-19(4)9-14-24(23)31-17-20-10-12-21(13-11-20)25(27)28/h9-14,16,18,22,26H,5-8,15,17H2,1-4H3,(H,27,28). The van der Waals surface area contributed by atoms with Crippen molar-refractivity contribution < 1.29 is 23.1 Å². The molecule has 0 aliphatic carbocycles. The number of benzene rings is 2. The molecule has 0 amide bonds. The van der Waals surface area contributed by atoms with Crippen molar-refractivity contribution in [1.82, 2.24) is 0 Å². The fourth-order valence-electron chi connectivity index (χ4n) is 3.54. The van der Waals surface area contributed by atoms with Crippen LogP contribution in [-0.2, 0) is 16.6 Å². The minimum atomic E-state index is -3.58. The van der Waals surface area contributed by atoms with E-state index < -0.39 is 21.2 Å². The second-order valence-corrected chi connectivity index (χ2v) is 10.6. The molecular weight excluding hydrogens is 426 g/mol. The lowest BCUT2D eigenvalue weighted by molar-refractivity contribution is 0.0697. The van der Waals surface area contributed by atoms with Crippen molar-refractivity contribution in [2.75, 3.05) is 4.72 Å². The van der Waals surface area contributed by atoms with E-state index in [2.05, 4.69) is 11.6 Å². The minimum Gasteiger partial charge on any atom is -0.487 e. The number of unbranched alkanes of at least 4 members (excludes halogenated alkanes) is 2. The van der Waals surface area contributed by atoms with Gasteiger partial charge in [0.05, 0.1) is 16.5 Å². The van der Waals surface area contributed by atoms with E-state index in [1.165, 1.54) is 12.1 Å². The van der Waals surface area contributed by atoms with E-state index in [0.717, 1.165) is 30.4 Å². The molecule has 0 bridgehead atoms. The van der Waals surface area contributed by atoms with Crippen LogP contribution in [0.2, 0.25) is 0 Å². The van der Waals surface area contributed by atoms with E-state index in [1.807, 2.05) is 26.8 Å². The van der Waals surface area contributed by atoms with E-state index in [4.69, 9.17) is 9.84 Å². The van der Waals surface area contributed by atoms with Crippen LogP contribution in [0, 0.1) is 12.8 Å². The Hall–Kier alpha value is -2.54. The number of ether oxygens (including phenoxy) is 1. The molecule has 0 aliphatic heterocycles. The number of carboxylic acids is 1. The Morgan fingerprint density at radius 1 is 1.09 bits per heavy atom. The number of rotatable bonds is 13. The largest absolute Gasteiger partial charge is 0.487 e. The summed E-state index contributed by atoms with van der Waals surface area (Å²) in [4.78, 5) is 11.0. The summed E-state index contributed by atoms with van der Waals surface area (Å²) in [6.07, 6.45) is 4.20. The van der Waals surface area contributed by atoms with Crippen LogP contribution in [-0.4, -0.2) is 24.7 Å². The van der Waals surface area contributed by atoms with E-state index in [1.54, 1.807) is 24.3 Å². The van der Waals surface area contributed by atoms with Crippen molar-refractivity contribution in [3.63, 3.8) is 0 Å². The predicted molar refractivity (Wildman–Crippen MR) is 129 cm³/mol. The second-order valence-electron chi connectivity index (χ2n) is 8.68. The number of hydrogen-bond donors (Lipinski definition) is 2. The molecule has 2 aromatic carbocycles. The molecule has 0 aliphatic rings. The first-order valence-corrected chi connectivity index (χ1v) is 12.7. The summed E-state index contributed by atoms with van der Waals surface area (Å²) in [5, 5.41) is 8.57. The maximum atomic E-state index is 13.2. The molecule has 0 saturated heterocycles. The first-order valence-electron chi connectivity index (χ1n) is 11.2. The van der Waals surface area contributed by atoms with Crippen molar-refractivity contribution in [2.24, 2.45) is 5.92 Å². The van der Waals surface area contributed by atoms with Gasteiger partial charge in [0.25, 0.3) is 0 Å². The molecule has 0 saturated carbocycles. The number of hydrogen-bond acceptors (Lipinski definition) is 4. The predicted octanol–water partition coefficient (Wildman–Crippen LogP) is 6.01. The zero-order valence-corrected chi connectivity index (χ0v) is 20.2. The van der Waals surface area contributed by atoms with Crippen LogP contribution in [0.1, 0.15) is 74.4 Å². The molecule has 2 aromatic rings. The molecule has 0 fully saturated rings. The number of carbonyl (C=O) groups is 1. The third-order valence-electron chi connectivity index (χ3n) is 5.29. The number of aryl methyl sites for hydroxylation is 1. The van der Waals surface area contributed by atoms with Crippen molar-refractivity contribution in [3.8, 4) is 5.75 Å². The first kappa shape index (κ1) is 25.7. The molecule has 32 heavy (non-hydrogen) atoms. The van der Waals surface area contributed by atoms with Gasteiger partial charge in [0.15, 0.2) is 0 Å². The Kier molecular flexibility index (Phi) is 9.57. The Morgan fingerprint density at radius 2 is 1.78 bits per heavy atom. The monoisotopic (exact) mass is 461 g/mol. The Labute approximate surface area is 192 Å². The highest BCUT2D eigenvalue weighted by atomic mass is 32.2. The third kappa shape index (κ3) is 7.86. The number of sulfonamides is 1. The summed E-state index contributed by atoms with van der Waals surface area (Å²) in [5.41, 5.74) is 2.35. The zero-order valence-electron chi connectivity index (χ0n) is 19.4. The summed E-state index contributed by atoms with van der Waals surface area (Å²) in [6, 6.07) is 11.8. The molecular formula is C25H35NO5S. The number of nitrogens with one attached hydrogen (secondary N) is 1. The second kappa shape index (κ2) is 11.9. The molecule has 2 N–H and O–H groups in total. The van der Waals surface area contributed by atoms with E-state index in [-0.39, 0.29) is 18.1 Å². The smallest absolute Gasteiger partial charge is 0.335 e. The summed E-state index contributed by atoms with van der Waals surface area (Å²) in [6.45, 7) is 8.29. The van der Waals surface area contributed by atoms with E-state index in [0.29, 0.717) is 24.3 Å². The van der Waals surface area contributed by atoms with Gasteiger partial charge < -0.3 is 9.84 Å². The molecule has 176 valence electrons. The van der Waals surface area contributed by atoms with Crippen LogP contribution in [0.3, 0.4) is 0 Å². The van der Waals surface area contributed by atoms with Crippen LogP contribution in [0.5, 0.6) is 5.75 Å². The summed E-state index contributed by atoms with van der Waals surface area (Å²) >= 11 is 0. The van der Waals surface area contributed by atoms with Crippen molar-refractivity contribution in [1.29, 1.82) is 0 Å². The maximum absolute atomic E-state index is 13.2. The van der Waals surface area contributed by atoms with Gasteiger partial charge in [-0.25, -0.2) is 13.2 Å². The van der Waals surface area contributed by atoms with E-state index >= 15 is 0 Å². The molecule has 0 heterocycles. The van der Waals surface area contributed by atoms with Crippen LogP contribution in [0.25, 0.3) is 0 Å². The molecule has 0 spiro atoms. The number of carboxylic acid groups (broad SMARTS) is 1. The topological polar surface area (TPSA) is 92.7 Å². The lowest BCUT2D eigenvalue weighted by Gasteiger charge is -2.22. The highest BCUT2D eigenvalue weighted by Crippen LogP contribution is 2.30. The van der Waals surface area contributed by atoms with Gasteiger partial charge in [0.2, 0.25) is 10.0 Å². The van der Waals surface area contributed by atoms with Gasteiger partial charge >= 0.3 is 5.97 Å². The first-order chi connectivity index (χ1) is 15.1. The summed E-state index contributed by atoms with van der Waals surface area (Å²) < 4.78 is 35.2. The number of aromatic carboxylic acids is 1. The fourth-order valence-corrected chi connectivity index (χ4v) is 5.29. The normalized spacial score (nSPS) is 12.5. The minimum absolute atomic E-state index is 0.198. The maximum Gasteiger partial charge on any atom is 0.335 e. The van der Waals surface area contributed by atoms with Crippen LogP contribution in [0.4, 0.5) is 5.69 Å². The van der Waals surface area contributed by atoms with Gasteiger partial charge in [-0.2, -0.15) is 0 Å². The van der Waals surface area contributed by atoms with Gasteiger partial charge in [-0.1, -0.05) is 58.2 Å². The highest BCUT2D eigenvalue weighted by molar-refractivity contribution is 7.93. The Morgan fingerprint density at radius 3 is 2.38 bits per heavy atom. The molecule has 1 unspecified atom stereocenters. The molecule has 7 heteroatoms. The summed E-state index contributed by atoms with van der Waals surface area (Å²) in [5.74, 6) is -0.263.